The monoisotopic (exact) mass is 316 g/mol. The minimum atomic E-state index is -0.746. The van der Waals surface area contributed by atoms with Gasteiger partial charge in [-0.1, -0.05) is 6.07 Å². The van der Waals surface area contributed by atoms with Gasteiger partial charge in [-0.3, -0.25) is 4.79 Å². The van der Waals surface area contributed by atoms with Gasteiger partial charge in [-0.05, 0) is 25.1 Å². The van der Waals surface area contributed by atoms with E-state index in [1.807, 2.05) is 6.07 Å². The molecule has 2 rings (SSSR count). The summed E-state index contributed by atoms with van der Waals surface area (Å²) in [6.07, 6.45) is 2.36. The van der Waals surface area contributed by atoms with E-state index in [1.54, 1.807) is 13.0 Å². The maximum atomic E-state index is 13.5. The van der Waals surface area contributed by atoms with Crippen LogP contribution in [0.2, 0.25) is 0 Å². The molecule has 7 heteroatoms. The molecule has 0 fully saturated rings. The fourth-order valence-corrected chi connectivity index (χ4v) is 1.97. The second kappa shape index (κ2) is 7.31. The number of nitrogens with zero attached hydrogens (tertiary/aromatic N) is 3. The molecular formula is C16H14F2N4O. The summed E-state index contributed by atoms with van der Waals surface area (Å²) in [5, 5.41) is 15.3. The zero-order valence-electron chi connectivity index (χ0n) is 12.4. The highest BCUT2D eigenvalue weighted by Gasteiger charge is 2.09. The number of hydrogen-bond donors (Lipinski definition) is 1. The third-order valence-corrected chi connectivity index (χ3v) is 2.99. The van der Waals surface area contributed by atoms with Crippen LogP contribution in [0.15, 0.2) is 30.3 Å². The molecule has 0 aliphatic carbocycles. The summed E-state index contributed by atoms with van der Waals surface area (Å²) in [5.74, 6) is -1.62. The smallest absolute Gasteiger partial charge is 0.249 e. The van der Waals surface area contributed by atoms with Crippen LogP contribution < -0.4 is 5.32 Å². The summed E-state index contributed by atoms with van der Waals surface area (Å²) in [6, 6.07) is 7.11. The maximum absolute atomic E-state index is 13.5. The quantitative estimate of drug-likeness (QED) is 0.862. The minimum absolute atomic E-state index is 0.250. The first-order valence-electron chi connectivity index (χ1n) is 6.85. The largest absolute Gasteiger partial charge is 0.307 e. The predicted molar refractivity (Wildman–Crippen MR) is 81.2 cm³/mol. The number of aryl methyl sites for hydroxylation is 2. The third kappa shape index (κ3) is 4.23. The molecule has 1 aromatic heterocycles. The number of amides is 1. The molecule has 1 heterocycles. The molecule has 118 valence electrons. The van der Waals surface area contributed by atoms with E-state index in [2.05, 4.69) is 10.4 Å². The average molecular weight is 316 g/mol. The molecule has 0 aliphatic rings. The number of carbonyl (C=O) groups excluding carboxylic acids is 1. The van der Waals surface area contributed by atoms with E-state index in [0.29, 0.717) is 18.1 Å². The first-order chi connectivity index (χ1) is 11.0. The van der Waals surface area contributed by atoms with Crippen LogP contribution in [0.25, 0.3) is 6.08 Å². The number of anilines is 1. The van der Waals surface area contributed by atoms with E-state index < -0.39 is 17.5 Å². The molecular weight excluding hydrogens is 302 g/mol. The number of benzene rings is 1. The Morgan fingerprint density at radius 2 is 2.13 bits per heavy atom. The Balaban J connectivity index is 2.11. The molecule has 1 amide bonds. The predicted octanol–water partition coefficient (Wildman–Crippen LogP) is 3.04. The Labute approximate surface area is 131 Å². The van der Waals surface area contributed by atoms with Crippen molar-refractivity contribution in [3.8, 4) is 6.07 Å². The lowest BCUT2D eigenvalue weighted by molar-refractivity contribution is -0.111. The van der Waals surface area contributed by atoms with E-state index >= 15 is 0 Å². The van der Waals surface area contributed by atoms with Crippen LogP contribution in [-0.2, 0) is 11.3 Å². The molecule has 0 unspecified atom stereocenters. The molecule has 0 bridgehead atoms. The van der Waals surface area contributed by atoms with E-state index in [0.717, 1.165) is 24.3 Å². The van der Waals surface area contributed by atoms with Crippen LogP contribution in [0.3, 0.4) is 0 Å². The van der Waals surface area contributed by atoms with Crippen LogP contribution in [0, 0.1) is 29.9 Å². The number of nitriles is 1. The van der Waals surface area contributed by atoms with Crippen molar-refractivity contribution in [1.29, 1.82) is 5.26 Å². The van der Waals surface area contributed by atoms with Crippen LogP contribution in [0.5, 0.6) is 0 Å². The van der Waals surface area contributed by atoms with Crippen molar-refractivity contribution < 1.29 is 13.6 Å². The van der Waals surface area contributed by atoms with Gasteiger partial charge >= 0.3 is 0 Å². The molecule has 0 radical (unpaired) electrons. The number of carbonyl (C=O) groups is 1. The number of aromatic nitrogens is 2. The van der Waals surface area contributed by atoms with Crippen molar-refractivity contribution in [2.24, 2.45) is 0 Å². The molecule has 0 aliphatic heterocycles. The fraction of sp³-hybridized carbons (Fsp3) is 0.188. The molecule has 5 nitrogen and oxygen atoms in total. The van der Waals surface area contributed by atoms with E-state index in [4.69, 9.17) is 5.26 Å². The van der Waals surface area contributed by atoms with E-state index in [1.165, 1.54) is 10.7 Å². The van der Waals surface area contributed by atoms with Crippen LogP contribution in [-0.4, -0.2) is 15.7 Å². The summed E-state index contributed by atoms with van der Waals surface area (Å²) in [4.78, 5) is 11.9. The highest BCUT2D eigenvalue weighted by Crippen LogP contribution is 2.14. The minimum Gasteiger partial charge on any atom is -0.307 e. The van der Waals surface area contributed by atoms with Gasteiger partial charge in [-0.15, -0.1) is 0 Å². The lowest BCUT2D eigenvalue weighted by atomic mass is 10.2. The first-order valence-corrected chi connectivity index (χ1v) is 6.85. The van der Waals surface area contributed by atoms with Gasteiger partial charge in [-0.25, -0.2) is 13.5 Å². The summed E-state index contributed by atoms with van der Waals surface area (Å²) in [6.45, 7) is 2.09. The van der Waals surface area contributed by atoms with Crippen LogP contribution in [0.4, 0.5) is 14.6 Å². The molecule has 0 spiro atoms. The second-order valence-corrected chi connectivity index (χ2v) is 4.76. The standard InChI is InChI=1S/C16H14F2N4O/c1-11-10-15(22(21-11)9-3-8-19)20-16(23)7-6-12-13(17)4-2-5-14(12)18/h2,4-7,10H,3,9H2,1H3,(H,20,23). The Hall–Kier alpha value is -3.01. The lowest BCUT2D eigenvalue weighted by Gasteiger charge is -2.05. The fourth-order valence-electron chi connectivity index (χ4n) is 1.97. The van der Waals surface area contributed by atoms with Crippen molar-refractivity contribution in [3.05, 3.63) is 53.2 Å². The molecule has 1 aromatic carbocycles. The zero-order valence-corrected chi connectivity index (χ0v) is 12.4. The van der Waals surface area contributed by atoms with Crippen molar-refractivity contribution in [1.82, 2.24) is 9.78 Å². The third-order valence-electron chi connectivity index (χ3n) is 2.99. The normalized spacial score (nSPS) is 10.7. The van der Waals surface area contributed by atoms with Gasteiger partial charge in [0.15, 0.2) is 0 Å². The van der Waals surface area contributed by atoms with Gasteiger partial charge in [0.1, 0.15) is 17.5 Å². The van der Waals surface area contributed by atoms with Gasteiger partial charge in [0, 0.05) is 17.7 Å². The summed E-state index contributed by atoms with van der Waals surface area (Å²) in [7, 11) is 0. The average Bonchev–Trinajstić information content (AvgIpc) is 2.84. The summed E-state index contributed by atoms with van der Waals surface area (Å²) < 4.78 is 28.4. The number of halogens is 2. The van der Waals surface area contributed by atoms with Gasteiger partial charge in [0.05, 0.1) is 24.7 Å². The molecule has 0 atom stereocenters. The molecule has 0 saturated carbocycles. The SMILES string of the molecule is Cc1cc(NC(=O)C=Cc2c(F)cccc2F)n(CCC#N)n1. The van der Waals surface area contributed by atoms with Crippen molar-refractivity contribution in [2.75, 3.05) is 5.32 Å². The van der Waals surface area contributed by atoms with Gasteiger partial charge in [0.2, 0.25) is 5.91 Å². The van der Waals surface area contributed by atoms with E-state index in [-0.39, 0.29) is 12.0 Å². The van der Waals surface area contributed by atoms with Gasteiger partial charge < -0.3 is 5.32 Å². The first kappa shape index (κ1) is 16.4. The zero-order chi connectivity index (χ0) is 16.8. The highest BCUT2D eigenvalue weighted by molar-refractivity contribution is 6.01. The number of nitrogens with one attached hydrogen (secondary N) is 1. The molecule has 0 saturated heterocycles. The van der Waals surface area contributed by atoms with Crippen molar-refractivity contribution in [3.63, 3.8) is 0 Å². The molecule has 23 heavy (non-hydrogen) atoms. The summed E-state index contributed by atoms with van der Waals surface area (Å²) in [5.41, 5.74) is 0.402. The maximum Gasteiger partial charge on any atom is 0.249 e. The second-order valence-electron chi connectivity index (χ2n) is 4.76. The van der Waals surface area contributed by atoms with Crippen molar-refractivity contribution >= 4 is 17.8 Å². The molecule has 1 N–H and O–H groups in total. The van der Waals surface area contributed by atoms with Gasteiger partial charge in [0.25, 0.3) is 0 Å². The Bertz CT molecular complexity index is 770. The van der Waals surface area contributed by atoms with E-state index in [9.17, 15) is 13.6 Å². The molecule has 2 aromatic rings. The highest BCUT2D eigenvalue weighted by atomic mass is 19.1. The lowest BCUT2D eigenvalue weighted by Crippen LogP contribution is -2.13. The number of rotatable bonds is 5. The Kier molecular flexibility index (Phi) is 5.20. The summed E-state index contributed by atoms with van der Waals surface area (Å²) >= 11 is 0. The topological polar surface area (TPSA) is 70.7 Å². The van der Waals surface area contributed by atoms with Crippen LogP contribution in [0.1, 0.15) is 17.7 Å². The van der Waals surface area contributed by atoms with Crippen LogP contribution >= 0.6 is 0 Å². The van der Waals surface area contributed by atoms with Gasteiger partial charge in [-0.2, -0.15) is 10.4 Å². The number of hydrogen-bond acceptors (Lipinski definition) is 3. The Morgan fingerprint density at radius 3 is 2.78 bits per heavy atom. The van der Waals surface area contributed by atoms with Crippen molar-refractivity contribution in [2.45, 2.75) is 19.9 Å². The Morgan fingerprint density at radius 1 is 1.43 bits per heavy atom.